The van der Waals surface area contributed by atoms with E-state index in [-0.39, 0.29) is 37.1 Å². The van der Waals surface area contributed by atoms with Gasteiger partial charge in [-0.2, -0.15) is 0 Å². The van der Waals surface area contributed by atoms with Gasteiger partial charge in [0.15, 0.2) is 0 Å². The number of imide groups is 1. The normalized spacial score (nSPS) is 22.2. The van der Waals surface area contributed by atoms with E-state index in [9.17, 15) is 29.7 Å². The average Bonchev–Trinajstić information content (AvgIpc) is 3.16. The number of allylic oxidation sites excluding steroid dienone is 2. The summed E-state index contributed by atoms with van der Waals surface area (Å²) in [4.78, 5) is 38.7. The lowest BCUT2D eigenvalue weighted by Crippen LogP contribution is -2.39. The highest BCUT2D eigenvalue weighted by Crippen LogP contribution is 2.47. The molecule has 0 aromatic heterocycles. The maximum absolute atomic E-state index is 13.4. The molecule has 2 aliphatic rings. The van der Waals surface area contributed by atoms with Crippen LogP contribution in [0.5, 0.6) is 5.75 Å². The molecule has 40 heavy (non-hydrogen) atoms. The van der Waals surface area contributed by atoms with Crippen LogP contribution >= 0.6 is 15.9 Å². The largest absolute Gasteiger partial charge is 0.507 e. The first kappa shape index (κ1) is 32.0. The van der Waals surface area contributed by atoms with Gasteiger partial charge < -0.3 is 20.4 Å². The summed E-state index contributed by atoms with van der Waals surface area (Å²) in [5, 5.41) is 41.0. The van der Waals surface area contributed by atoms with Crippen LogP contribution in [-0.4, -0.2) is 62.4 Å². The fourth-order valence-corrected chi connectivity index (χ4v) is 6.61. The molecule has 1 aromatic rings. The lowest BCUT2D eigenvalue weighted by molar-refractivity contribution is -0.141. The van der Waals surface area contributed by atoms with Crippen LogP contribution < -0.4 is 0 Å². The minimum absolute atomic E-state index is 0.0595. The average molecular weight is 621 g/mol. The number of amides is 2. The fourth-order valence-electron chi connectivity index (χ4n) is 6.24. The van der Waals surface area contributed by atoms with Crippen LogP contribution in [0.15, 0.2) is 39.4 Å². The van der Waals surface area contributed by atoms with Gasteiger partial charge in [-0.05, 0) is 68.7 Å². The number of aliphatic hydroxyl groups excluding tert-OH is 2. The zero-order chi connectivity index (χ0) is 29.4. The number of carbonyl (C=O) groups is 3. The third-order valence-electron chi connectivity index (χ3n) is 8.19. The molecule has 1 aromatic carbocycles. The van der Waals surface area contributed by atoms with Crippen molar-refractivity contribution in [3.63, 3.8) is 0 Å². The number of unbranched alkanes of at least 4 members (excludes halogenated alkanes) is 2. The van der Waals surface area contributed by atoms with Crippen LogP contribution in [0.25, 0.3) is 6.08 Å². The Morgan fingerprint density at radius 1 is 1.12 bits per heavy atom. The summed E-state index contributed by atoms with van der Waals surface area (Å²) >= 11 is 3.44. The Kier molecular flexibility index (Phi) is 12.0. The summed E-state index contributed by atoms with van der Waals surface area (Å²) in [7, 11) is 0. The van der Waals surface area contributed by atoms with Crippen molar-refractivity contribution < 1.29 is 34.8 Å². The van der Waals surface area contributed by atoms with E-state index in [1.807, 2.05) is 19.1 Å². The molecule has 2 amide bonds. The van der Waals surface area contributed by atoms with E-state index in [0.29, 0.717) is 56.1 Å². The van der Waals surface area contributed by atoms with Gasteiger partial charge in [-0.3, -0.25) is 19.3 Å². The molecule has 1 saturated heterocycles. The van der Waals surface area contributed by atoms with Crippen LogP contribution in [0, 0.1) is 17.8 Å². The number of benzene rings is 1. The van der Waals surface area contributed by atoms with Crippen LogP contribution in [0.1, 0.15) is 83.6 Å². The predicted molar refractivity (Wildman–Crippen MR) is 156 cm³/mol. The Morgan fingerprint density at radius 2 is 1.88 bits per heavy atom. The maximum atomic E-state index is 13.4. The smallest absolute Gasteiger partial charge is 0.303 e. The molecule has 8 nitrogen and oxygen atoms in total. The summed E-state index contributed by atoms with van der Waals surface area (Å²) in [6.07, 6.45) is 6.51. The van der Waals surface area contributed by atoms with Crippen molar-refractivity contribution in [3.05, 3.63) is 45.0 Å². The third kappa shape index (κ3) is 7.62. The van der Waals surface area contributed by atoms with Crippen LogP contribution in [0.2, 0.25) is 0 Å². The zero-order valence-electron chi connectivity index (χ0n) is 23.4. The van der Waals surface area contributed by atoms with Crippen molar-refractivity contribution in [3.8, 4) is 5.75 Å². The number of likely N-dealkylation sites (tertiary alicyclic amines) is 1. The van der Waals surface area contributed by atoms with Crippen molar-refractivity contribution in [2.24, 2.45) is 17.8 Å². The number of hydrogen-bond acceptors (Lipinski definition) is 6. The van der Waals surface area contributed by atoms with E-state index >= 15 is 0 Å². The first-order valence-electron chi connectivity index (χ1n) is 14.4. The molecule has 0 saturated carbocycles. The highest BCUT2D eigenvalue weighted by Gasteiger charge is 2.54. The summed E-state index contributed by atoms with van der Waals surface area (Å²) in [6.45, 7) is 3.96. The SMILES string of the molecule is CCC/C(=C\c1cc(Br)ccc1O)CC[C@@H](O)C1=C(CC)C[C@H]2C(=O)N(CCCCCC(=O)O)C(=O)[C@H]2[C@H]1CO. The van der Waals surface area contributed by atoms with Crippen molar-refractivity contribution in [2.75, 3.05) is 13.2 Å². The molecule has 1 fully saturated rings. The van der Waals surface area contributed by atoms with Crippen molar-refractivity contribution >= 4 is 39.8 Å². The van der Waals surface area contributed by atoms with Crippen LogP contribution in [0.3, 0.4) is 0 Å². The number of halogens is 1. The Morgan fingerprint density at radius 3 is 2.52 bits per heavy atom. The number of phenols is 1. The Hall–Kier alpha value is -2.49. The fraction of sp³-hybridized carbons (Fsp3) is 0.581. The summed E-state index contributed by atoms with van der Waals surface area (Å²) in [5.74, 6) is -3.06. The molecule has 9 heteroatoms. The topological polar surface area (TPSA) is 135 Å². The van der Waals surface area contributed by atoms with Crippen LogP contribution in [0.4, 0.5) is 0 Å². The summed E-state index contributed by atoms with van der Waals surface area (Å²) in [6, 6.07) is 5.26. The second-order valence-corrected chi connectivity index (χ2v) is 11.8. The number of carboxylic acids is 1. The second kappa shape index (κ2) is 14.9. The molecule has 1 aliphatic heterocycles. The van der Waals surface area contributed by atoms with Gasteiger partial charge >= 0.3 is 5.97 Å². The molecule has 4 atom stereocenters. The predicted octanol–water partition coefficient (Wildman–Crippen LogP) is 5.44. The van der Waals surface area contributed by atoms with Crippen LogP contribution in [-0.2, 0) is 14.4 Å². The number of carboxylic acid groups (broad SMARTS) is 1. The van der Waals surface area contributed by atoms with Gasteiger partial charge in [0.2, 0.25) is 11.8 Å². The summed E-state index contributed by atoms with van der Waals surface area (Å²) < 4.78 is 0.859. The first-order valence-corrected chi connectivity index (χ1v) is 15.2. The molecular formula is C31H42BrNO7. The number of aliphatic carboxylic acids is 1. The van der Waals surface area contributed by atoms with Gasteiger partial charge in [-0.15, -0.1) is 0 Å². The molecule has 0 spiro atoms. The Labute approximate surface area is 244 Å². The van der Waals surface area contributed by atoms with Gasteiger partial charge in [0.25, 0.3) is 0 Å². The molecular weight excluding hydrogens is 578 g/mol. The highest BCUT2D eigenvalue weighted by molar-refractivity contribution is 9.10. The van der Waals surface area contributed by atoms with Gasteiger partial charge in [0.1, 0.15) is 5.75 Å². The first-order chi connectivity index (χ1) is 19.1. The standard InChI is InChI=1S/C31H42BrNO7/c1-3-8-19(15-21-16-22(32)11-13-25(21)35)10-12-26(36)28-20(4-2)17-23-29(24(28)18-34)31(40)33(30(23)39)14-7-5-6-9-27(37)38/h11,13,15-16,23-24,26,29,34-36H,3-10,12,14,17-18H2,1-2H3,(H,37,38)/b19-15+/t23-,24+,26-,29-/m1/s1. The number of rotatable bonds is 15. The molecule has 220 valence electrons. The van der Waals surface area contributed by atoms with Crippen molar-refractivity contribution in [1.82, 2.24) is 4.90 Å². The lowest BCUT2D eigenvalue weighted by Gasteiger charge is -2.36. The lowest BCUT2D eigenvalue weighted by atomic mass is 9.67. The van der Waals surface area contributed by atoms with Crippen molar-refractivity contribution in [2.45, 2.75) is 84.2 Å². The van der Waals surface area contributed by atoms with E-state index in [1.165, 1.54) is 4.90 Å². The third-order valence-corrected chi connectivity index (χ3v) is 8.68. The number of aliphatic hydroxyl groups is 2. The minimum atomic E-state index is -0.864. The number of fused-ring (bicyclic) bond motifs is 1. The molecule has 3 rings (SSSR count). The van der Waals surface area contributed by atoms with Gasteiger partial charge in [0, 0.05) is 28.9 Å². The monoisotopic (exact) mass is 619 g/mol. The number of hydrogen-bond donors (Lipinski definition) is 4. The molecule has 0 bridgehead atoms. The number of phenolic OH excluding ortho intramolecular Hbond substituents is 1. The minimum Gasteiger partial charge on any atom is -0.507 e. The van der Waals surface area contributed by atoms with E-state index in [2.05, 4.69) is 22.9 Å². The zero-order valence-corrected chi connectivity index (χ0v) is 25.0. The maximum Gasteiger partial charge on any atom is 0.303 e. The second-order valence-electron chi connectivity index (χ2n) is 10.9. The number of nitrogens with zero attached hydrogens (tertiary/aromatic N) is 1. The van der Waals surface area contributed by atoms with Gasteiger partial charge in [-0.25, -0.2) is 0 Å². The quantitative estimate of drug-likeness (QED) is 0.116. The summed E-state index contributed by atoms with van der Waals surface area (Å²) in [5.41, 5.74) is 3.41. The molecule has 4 N–H and O–H groups in total. The Bertz CT molecular complexity index is 1140. The van der Waals surface area contributed by atoms with Gasteiger partial charge in [-0.1, -0.05) is 59.8 Å². The van der Waals surface area contributed by atoms with Crippen molar-refractivity contribution in [1.29, 1.82) is 0 Å². The Balaban J connectivity index is 1.76. The van der Waals surface area contributed by atoms with Gasteiger partial charge in [0.05, 0.1) is 24.5 Å². The number of aromatic hydroxyl groups is 1. The van der Waals surface area contributed by atoms with E-state index in [0.717, 1.165) is 28.5 Å². The molecule has 1 heterocycles. The van der Waals surface area contributed by atoms with E-state index in [1.54, 1.807) is 12.1 Å². The van der Waals surface area contributed by atoms with E-state index in [4.69, 9.17) is 5.11 Å². The molecule has 0 unspecified atom stereocenters. The van der Waals surface area contributed by atoms with E-state index < -0.39 is 29.8 Å². The number of carbonyl (C=O) groups excluding carboxylic acids is 2. The molecule has 1 aliphatic carbocycles. The highest BCUT2D eigenvalue weighted by atomic mass is 79.9. The molecule has 0 radical (unpaired) electrons.